The molecule has 0 amide bonds. The van der Waals surface area contributed by atoms with Gasteiger partial charge in [0.1, 0.15) is 0 Å². The lowest BCUT2D eigenvalue weighted by Crippen LogP contribution is -2.48. The Morgan fingerprint density at radius 3 is 2.38 bits per heavy atom. The van der Waals surface area contributed by atoms with E-state index in [9.17, 15) is 4.79 Å². The first-order valence-electron chi connectivity index (χ1n) is 8.05. The number of nitrogens with zero attached hydrogens (tertiary/aromatic N) is 1. The first kappa shape index (κ1) is 14.5. The molecule has 0 spiro atoms. The van der Waals surface area contributed by atoms with Crippen LogP contribution in [0, 0.1) is 0 Å². The molecule has 0 saturated carbocycles. The van der Waals surface area contributed by atoms with Crippen LogP contribution in [0.1, 0.15) is 37.7 Å². The Balaban J connectivity index is 1.79. The molecule has 0 atom stereocenters. The fraction of sp³-hybridized carbons (Fsp3) is 0.588. The molecule has 1 N–H and O–H groups in total. The van der Waals surface area contributed by atoms with Crippen molar-refractivity contribution in [1.29, 1.82) is 0 Å². The maximum Gasteiger partial charge on any atom is 0.335 e. The monoisotopic (exact) mass is 288 g/mol. The van der Waals surface area contributed by atoms with Crippen LogP contribution in [0.3, 0.4) is 0 Å². The Morgan fingerprint density at radius 1 is 1.05 bits per heavy atom. The lowest BCUT2D eigenvalue weighted by atomic mass is 9.73. The average Bonchev–Trinajstić information content (AvgIpc) is 2.57. The van der Waals surface area contributed by atoms with Gasteiger partial charge >= 0.3 is 5.97 Å². The number of hydroxylamine groups is 2. The first-order chi connectivity index (χ1) is 10.3. The number of hydrogen-bond donors (Lipinski definition) is 1. The summed E-state index contributed by atoms with van der Waals surface area (Å²) in [6.45, 7) is 3.47. The molecule has 2 heterocycles. The van der Waals surface area contributed by atoms with E-state index in [0.29, 0.717) is 0 Å². The Bertz CT molecular complexity index is 463. The third-order valence-corrected chi connectivity index (χ3v) is 4.70. The molecule has 1 aromatic carbocycles. The SMILES string of the molecule is O=C(ON1CCCCC1)C1(c2ccccc2)CCNCC1. The molecule has 2 aliphatic heterocycles. The van der Waals surface area contributed by atoms with E-state index in [-0.39, 0.29) is 5.97 Å². The van der Waals surface area contributed by atoms with Crippen molar-refractivity contribution < 1.29 is 9.63 Å². The summed E-state index contributed by atoms with van der Waals surface area (Å²) < 4.78 is 0. The van der Waals surface area contributed by atoms with Crippen LogP contribution in [0.2, 0.25) is 0 Å². The molecule has 2 saturated heterocycles. The Labute approximate surface area is 126 Å². The molecule has 3 rings (SSSR count). The molecule has 1 aromatic rings. The minimum absolute atomic E-state index is 0.0721. The number of carbonyl (C=O) groups is 1. The third-order valence-electron chi connectivity index (χ3n) is 4.70. The van der Waals surface area contributed by atoms with Crippen LogP contribution in [0.25, 0.3) is 0 Å². The highest BCUT2D eigenvalue weighted by atomic mass is 16.7. The molecule has 0 aromatic heterocycles. The van der Waals surface area contributed by atoms with Gasteiger partial charge in [-0.2, -0.15) is 0 Å². The van der Waals surface area contributed by atoms with E-state index < -0.39 is 5.41 Å². The van der Waals surface area contributed by atoms with Gasteiger partial charge in [-0.3, -0.25) is 0 Å². The second-order valence-electron chi connectivity index (χ2n) is 6.07. The van der Waals surface area contributed by atoms with Crippen molar-refractivity contribution in [2.45, 2.75) is 37.5 Å². The van der Waals surface area contributed by atoms with Gasteiger partial charge in [-0.05, 0) is 44.3 Å². The van der Waals surface area contributed by atoms with E-state index in [0.717, 1.165) is 57.4 Å². The summed E-state index contributed by atoms with van der Waals surface area (Å²) in [4.78, 5) is 18.7. The summed E-state index contributed by atoms with van der Waals surface area (Å²) in [6, 6.07) is 10.1. The summed E-state index contributed by atoms with van der Waals surface area (Å²) in [5, 5.41) is 5.21. The molecule has 2 fully saturated rings. The van der Waals surface area contributed by atoms with Gasteiger partial charge in [0.15, 0.2) is 0 Å². The molecule has 4 nitrogen and oxygen atoms in total. The van der Waals surface area contributed by atoms with Gasteiger partial charge in [0.25, 0.3) is 0 Å². The number of hydrogen-bond acceptors (Lipinski definition) is 4. The number of benzene rings is 1. The predicted octanol–water partition coefficient (Wildman–Crippen LogP) is 2.25. The van der Waals surface area contributed by atoms with Gasteiger partial charge in [-0.1, -0.05) is 36.8 Å². The van der Waals surface area contributed by atoms with Crippen LogP contribution in [-0.4, -0.2) is 37.2 Å². The lowest BCUT2D eigenvalue weighted by molar-refractivity contribution is -0.202. The van der Waals surface area contributed by atoms with Gasteiger partial charge in [-0.25, -0.2) is 4.79 Å². The van der Waals surface area contributed by atoms with Crippen LogP contribution in [0.15, 0.2) is 30.3 Å². The van der Waals surface area contributed by atoms with Crippen molar-refractivity contribution in [3.63, 3.8) is 0 Å². The zero-order chi connectivity index (χ0) is 14.5. The fourth-order valence-electron chi connectivity index (χ4n) is 3.38. The summed E-state index contributed by atoms with van der Waals surface area (Å²) in [6.07, 6.45) is 5.09. The highest BCUT2D eigenvalue weighted by molar-refractivity contribution is 5.83. The molecular weight excluding hydrogens is 264 g/mol. The standard InChI is InChI=1S/C17H24N2O2/c20-16(21-19-13-5-2-6-14-19)17(9-11-18-12-10-17)15-7-3-1-4-8-15/h1,3-4,7-8,18H,2,5-6,9-14H2. The van der Waals surface area contributed by atoms with Crippen LogP contribution < -0.4 is 5.32 Å². The summed E-state index contributed by atoms with van der Waals surface area (Å²) >= 11 is 0. The normalized spacial score (nSPS) is 22.7. The molecule has 0 unspecified atom stereocenters. The minimum atomic E-state index is -0.482. The summed E-state index contributed by atoms with van der Waals surface area (Å²) in [7, 11) is 0. The van der Waals surface area contributed by atoms with E-state index in [2.05, 4.69) is 17.4 Å². The molecule has 0 radical (unpaired) electrons. The highest BCUT2D eigenvalue weighted by Crippen LogP contribution is 2.35. The number of carbonyl (C=O) groups excluding carboxylic acids is 1. The summed E-state index contributed by atoms with van der Waals surface area (Å²) in [5.74, 6) is -0.0721. The van der Waals surface area contributed by atoms with E-state index in [1.165, 1.54) is 6.42 Å². The smallest absolute Gasteiger partial charge is 0.335 e. The van der Waals surface area contributed by atoms with Crippen LogP contribution >= 0.6 is 0 Å². The number of rotatable bonds is 3. The maximum atomic E-state index is 12.9. The molecule has 2 aliphatic rings. The second kappa shape index (κ2) is 6.58. The molecule has 0 aliphatic carbocycles. The van der Waals surface area contributed by atoms with Gasteiger partial charge in [0, 0.05) is 13.1 Å². The average molecular weight is 288 g/mol. The summed E-state index contributed by atoms with van der Waals surface area (Å²) in [5.41, 5.74) is 0.609. The number of nitrogens with one attached hydrogen (secondary N) is 1. The number of piperidine rings is 2. The molecule has 21 heavy (non-hydrogen) atoms. The van der Waals surface area contributed by atoms with E-state index in [1.807, 2.05) is 23.3 Å². The van der Waals surface area contributed by atoms with Crippen molar-refractivity contribution >= 4 is 5.97 Å². The van der Waals surface area contributed by atoms with Gasteiger partial charge in [-0.15, -0.1) is 5.06 Å². The second-order valence-corrected chi connectivity index (χ2v) is 6.07. The van der Waals surface area contributed by atoms with Crippen molar-refractivity contribution in [2.75, 3.05) is 26.2 Å². The quantitative estimate of drug-likeness (QED) is 0.926. The van der Waals surface area contributed by atoms with Crippen LogP contribution in [-0.2, 0) is 15.0 Å². The van der Waals surface area contributed by atoms with Crippen molar-refractivity contribution in [1.82, 2.24) is 10.4 Å². The van der Waals surface area contributed by atoms with E-state index in [4.69, 9.17) is 4.84 Å². The first-order valence-corrected chi connectivity index (χ1v) is 8.05. The lowest BCUT2D eigenvalue weighted by Gasteiger charge is -2.37. The molecular formula is C17H24N2O2. The van der Waals surface area contributed by atoms with Gasteiger partial charge < -0.3 is 10.2 Å². The molecule has 114 valence electrons. The largest absolute Gasteiger partial charge is 0.367 e. The van der Waals surface area contributed by atoms with Crippen molar-refractivity contribution in [3.05, 3.63) is 35.9 Å². The zero-order valence-electron chi connectivity index (χ0n) is 12.5. The third kappa shape index (κ3) is 3.11. The molecule has 0 bridgehead atoms. The Kier molecular flexibility index (Phi) is 4.56. The molecule has 4 heteroatoms. The van der Waals surface area contributed by atoms with Crippen molar-refractivity contribution in [2.24, 2.45) is 0 Å². The zero-order valence-corrected chi connectivity index (χ0v) is 12.5. The highest BCUT2D eigenvalue weighted by Gasteiger charge is 2.43. The fourth-order valence-corrected chi connectivity index (χ4v) is 3.38. The topological polar surface area (TPSA) is 41.6 Å². The maximum absolute atomic E-state index is 12.9. The van der Waals surface area contributed by atoms with E-state index >= 15 is 0 Å². The van der Waals surface area contributed by atoms with Gasteiger partial charge in [0.2, 0.25) is 0 Å². The van der Waals surface area contributed by atoms with Crippen LogP contribution in [0.4, 0.5) is 0 Å². The van der Waals surface area contributed by atoms with Gasteiger partial charge in [0.05, 0.1) is 5.41 Å². The van der Waals surface area contributed by atoms with E-state index in [1.54, 1.807) is 0 Å². The predicted molar refractivity (Wildman–Crippen MR) is 81.7 cm³/mol. The van der Waals surface area contributed by atoms with Crippen LogP contribution in [0.5, 0.6) is 0 Å². The Morgan fingerprint density at radius 2 is 1.71 bits per heavy atom. The Hall–Kier alpha value is -1.39. The minimum Gasteiger partial charge on any atom is -0.367 e. The van der Waals surface area contributed by atoms with Crippen molar-refractivity contribution in [3.8, 4) is 0 Å².